The number of hydrogen-bond acceptors (Lipinski definition) is 4. The van der Waals surface area contributed by atoms with Gasteiger partial charge in [0.15, 0.2) is 0 Å². The molecule has 1 aliphatic heterocycles. The fourth-order valence-electron chi connectivity index (χ4n) is 3.12. The summed E-state index contributed by atoms with van der Waals surface area (Å²) in [6, 6.07) is 5.69. The van der Waals surface area contributed by atoms with E-state index in [4.69, 9.17) is 0 Å². The molecule has 2 aromatic heterocycles. The minimum absolute atomic E-state index is 0. The van der Waals surface area contributed by atoms with E-state index in [9.17, 15) is 9.59 Å². The van der Waals surface area contributed by atoms with Gasteiger partial charge in [-0.1, -0.05) is 31.5 Å². The molecule has 0 bridgehead atoms. The molecule has 0 spiro atoms. The van der Waals surface area contributed by atoms with Crippen LogP contribution >= 0.6 is 11.5 Å². The monoisotopic (exact) mass is 552 g/mol. The molecule has 0 radical (unpaired) electrons. The molecule has 0 atom stereocenters. The third-order valence-corrected chi connectivity index (χ3v) is 5.43. The van der Waals surface area contributed by atoms with Crippen molar-refractivity contribution in [1.29, 1.82) is 0 Å². The topological polar surface area (TPSA) is 88.9 Å². The molecular formula is C19H20N4O2SW. The van der Waals surface area contributed by atoms with Crippen molar-refractivity contribution in [1.82, 2.24) is 9.36 Å². The van der Waals surface area contributed by atoms with Gasteiger partial charge in [-0.2, -0.15) is 4.37 Å². The van der Waals surface area contributed by atoms with Crippen LogP contribution in [-0.2, 0) is 26.5 Å². The van der Waals surface area contributed by atoms with Crippen LogP contribution in [-0.4, -0.2) is 21.8 Å². The van der Waals surface area contributed by atoms with E-state index in [1.807, 2.05) is 18.2 Å². The number of H-pyrrole nitrogens is 1. The maximum Gasteiger partial charge on any atom is 2.00 e. The van der Waals surface area contributed by atoms with Crippen LogP contribution in [0.15, 0.2) is 29.2 Å². The Kier molecular flexibility index (Phi) is 5.97. The van der Waals surface area contributed by atoms with E-state index in [-0.39, 0.29) is 44.9 Å². The van der Waals surface area contributed by atoms with Crippen molar-refractivity contribution in [3.63, 3.8) is 0 Å². The second-order valence-corrected chi connectivity index (χ2v) is 7.66. The maximum absolute atomic E-state index is 12.6. The maximum atomic E-state index is 12.6. The summed E-state index contributed by atoms with van der Waals surface area (Å²) >= 11 is 1.22. The van der Waals surface area contributed by atoms with E-state index in [0.29, 0.717) is 21.6 Å². The van der Waals surface area contributed by atoms with Gasteiger partial charge in [0.1, 0.15) is 10.4 Å². The van der Waals surface area contributed by atoms with Crippen molar-refractivity contribution in [2.75, 3.05) is 11.9 Å². The van der Waals surface area contributed by atoms with Gasteiger partial charge in [0.05, 0.1) is 11.1 Å². The molecule has 2 N–H and O–H groups in total. The number of rotatable bonds is 2. The summed E-state index contributed by atoms with van der Waals surface area (Å²) in [6.45, 7) is 6.79. The van der Waals surface area contributed by atoms with Crippen LogP contribution in [0.2, 0.25) is 0 Å². The first-order valence-electron chi connectivity index (χ1n) is 7.98. The second-order valence-electron chi connectivity index (χ2n) is 6.89. The molecule has 0 saturated carbocycles. The Morgan fingerprint density at radius 1 is 1.37 bits per heavy atom. The summed E-state index contributed by atoms with van der Waals surface area (Å²) in [5.41, 5.74) is 3.12. The predicted octanol–water partition coefficient (Wildman–Crippen LogP) is 4.29. The van der Waals surface area contributed by atoms with Crippen LogP contribution in [0.4, 0.5) is 11.4 Å². The molecule has 0 aliphatic carbocycles. The number of hydrogen-bond donors (Lipinski definition) is 2. The van der Waals surface area contributed by atoms with E-state index in [1.54, 1.807) is 6.92 Å². The van der Waals surface area contributed by atoms with E-state index in [0.717, 1.165) is 12.2 Å². The first-order valence-corrected chi connectivity index (χ1v) is 8.75. The van der Waals surface area contributed by atoms with Crippen molar-refractivity contribution in [3.8, 4) is 0 Å². The smallest absolute Gasteiger partial charge is 0.683 e. The average molecular weight is 552 g/mol. The quantitative estimate of drug-likeness (QED) is 0.466. The molecule has 6 nitrogen and oxygen atoms in total. The normalized spacial score (nSPS) is 13.9. The number of nitrogens with zero attached hydrogens (tertiary/aromatic N) is 2. The standard InChI is InChI=1S/C18H17N4O2S.CH3.W/c1-9-14-15(23)11(7-19-17(14)25-22-9)16(24)21-10-4-5-12-13(6-10)20-8-18(12,2)3;;/h4-7H,8H2,1-3H3,(H2,19,21,22,23,24);1H3;/q2*-1;+2. The van der Waals surface area contributed by atoms with Crippen LogP contribution in [0, 0.1) is 14.4 Å². The molecule has 1 aliphatic rings. The Morgan fingerprint density at radius 2 is 2.11 bits per heavy atom. The van der Waals surface area contributed by atoms with Crippen molar-refractivity contribution in [2.24, 2.45) is 0 Å². The van der Waals surface area contributed by atoms with E-state index >= 15 is 0 Å². The number of fused-ring (bicyclic) bond motifs is 2. The third kappa shape index (κ3) is 3.58. The first kappa shape index (κ1) is 21.3. The number of nitrogens with one attached hydrogen (secondary N) is 2. The van der Waals surface area contributed by atoms with Gasteiger partial charge < -0.3 is 23.0 Å². The first-order chi connectivity index (χ1) is 11.9. The number of carbonyl (C=O) groups is 1. The Hall–Kier alpha value is -1.98. The minimum Gasteiger partial charge on any atom is -0.683 e. The number of carbonyl (C=O) groups excluding carboxylic acids is 1. The predicted molar refractivity (Wildman–Crippen MR) is 107 cm³/mol. The number of aromatic amines is 1. The summed E-state index contributed by atoms with van der Waals surface area (Å²) in [5.74, 6) is -0.439. The summed E-state index contributed by atoms with van der Waals surface area (Å²) < 4.78 is 4.16. The molecule has 4 rings (SSSR count). The third-order valence-electron chi connectivity index (χ3n) is 4.56. The molecule has 0 unspecified atom stereocenters. The van der Waals surface area contributed by atoms with Crippen molar-refractivity contribution < 1.29 is 25.9 Å². The van der Waals surface area contributed by atoms with Crippen LogP contribution in [0.3, 0.4) is 0 Å². The Balaban J connectivity index is 0.00000131. The number of anilines is 1. The molecule has 3 heterocycles. The van der Waals surface area contributed by atoms with Crippen LogP contribution in [0.1, 0.15) is 35.5 Å². The Morgan fingerprint density at radius 3 is 2.85 bits per heavy atom. The summed E-state index contributed by atoms with van der Waals surface area (Å²) in [7, 11) is 0. The molecule has 27 heavy (non-hydrogen) atoms. The number of aromatic nitrogens is 2. The average Bonchev–Trinajstić information content (AvgIpc) is 3.08. The molecular weight excluding hydrogens is 532 g/mol. The fraction of sp³-hybridized carbons (Fsp3) is 0.263. The number of aryl methyl sites for hydroxylation is 1. The van der Waals surface area contributed by atoms with E-state index < -0.39 is 5.91 Å². The van der Waals surface area contributed by atoms with Gasteiger partial charge >= 0.3 is 21.1 Å². The zero-order chi connectivity index (χ0) is 17.8. The molecule has 0 fully saturated rings. The van der Waals surface area contributed by atoms with Gasteiger partial charge in [-0.15, -0.1) is 12.2 Å². The van der Waals surface area contributed by atoms with E-state index in [2.05, 4.69) is 33.8 Å². The largest absolute Gasteiger partial charge is 2.00 e. The van der Waals surface area contributed by atoms with Gasteiger partial charge in [0.2, 0.25) is 5.43 Å². The van der Waals surface area contributed by atoms with Gasteiger partial charge in [0, 0.05) is 11.9 Å². The summed E-state index contributed by atoms with van der Waals surface area (Å²) in [4.78, 5) is 28.8. The SMILES string of the molecule is Cc1nsc2[nH]cc(C(=O)Nc3ccc4c(c3)[N-]CC4(C)C)c(=O)c12.[CH3-].[W+2]. The molecule has 3 aromatic rings. The van der Waals surface area contributed by atoms with Gasteiger partial charge in [0.25, 0.3) is 5.91 Å². The van der Waals surface area contributed by atoms with Crippen LogP contribution in [0.25, 0.3) is 15.5 Å². The summed E-state index contributed by atoms with van der Waals surface area (Å²) in [6.07, 6.45) is 1.44. The summed E-state index contributed by atoms with van der Waals surface area (Å²) in [5, 5.41) is 7.80. The second kappa shape index (κ2) is 7.56. The van der Waals surface area contributed by atoms with Gasteiger partial charge in [-0.3, -0.25) is 9.59 Å². The van der Waals surface area contributed by atoms with Crippen LogP contribution in [0.5, 0.6) is 0 Å². The molecule has 0 saturated heterocycles. The molecule has 8 heteroatoms. The molecule has 1 aromatic carbocycles. The number of benzene rings is 1. The molecule has 140 valence electrons. The Labute approximate surface area is 176 Å². The zero-order valence-corrected chi connectivity index (χ0v) is 19.3. The van der Waals surface area contributed by atoms with Crippen molar-refractivity contribution >= 4 is 39.0 Å². The molecule has 1 amide bonds. The van der Waals surface area contributed by atoms with Crippen LogP contribution < -0.4 is 10.7 Å². The van der Waals surface area contributed by atoms with Crippen molar-refractivity contribution in [3.05, 3.63) is 64.2 Å². The van der Waals surface area contributed by atoms with Crippen molar-refractivity contribution in [2.45, 2.75) is 26.2 Å². The van der Waals surface area contributed by atoms with Gasteiger partial charge in [-0.25, -0.2) is 0 Å². The minimum atomic E-state index is -0.439. The number of pyridine rings is 1. The van der Waals surface area contributed by atoms with Gasteiger partial charge in [-0.05, 0) is 29.9 Å². The number of amides is 1. The zero-order valence-electron chi connectivity index (χ0n) is 15.5. The van der Waals surface area contributed by atoms with E-state index in [1.165, 1.54) is 23.3 Å². The Bertz CT molecular complexity index is 1070. The fourth-order valence-corrected chi connectivity index (χ4v) is 3.88.